The van der Waals surface area contributed by atoms with E-state index in [1.54, 1.807) is 56.3 Å². The van der Waals surface area contributed by atoms with Gasteiger partial charge in [0.25, 0.3) is 5.91 Å². The van der Waals surface area contributed by atoms with Crippen LogP contribution in [0.5, 0.6) is 0 Å². The van der Waals surface area contributed by atoms with Crippen LogP contribution in [-0.2, 0) is 0 Å². The van der Waals surface area contributed by atoms with Crippen LogP contribution in [0, 0.1) is 6.92 Å². The average molecular weight is 336 g/mol. The number of halogens is 3. The molecule has 1 N–H and O–H groups in total. The quantitative estimate of drug-likeness (QED) is 0.912. The maximum atomic E-state index is 13.4. The predicted molar refractivity (Wildman–Crippen MR) is 88.2 cm³/mol. The highest BCUT2D eigenvalue weighted by atomic mass is 19.4. The number of carbonyl (C=O) groups excluding carboxylic acids is 1. The molecule has 1 atom stereocenters. The van der Waals surface area contributed by atoms with E-state index in [0.717, 1.165) is 11.3 Å². The zero-order chi connectivity index (χ0) is 17.9. The Balaban J connectivity index is 2.28. The van der Waals surface area contributed by atoms with Crippen molar-refractivity contribution in [3.8, 4) is 0 Å². The predicted octanol–water partition coefficient (Wildman–Crippen LogP) is 4.09. The number of aryl methyl sites for hydroxylation is 1. The minimum Gasteiger partial charge on any atom is -0.378 e. The highest BCUT2D eigenvalue weighted by molar-refractivity contribution is 5.95. The van der Waals surface area contributed by atoms with E-state index in [-0.39, 0.29) is 11.1 Å². The summed E-state index contributed by atoms with van der Waals surface area (Å²) in [4.78, 5) is 14.1. The summed E-state index contributed by atoms with van der Waals surface area (Å²) in [6.07, 6.45) is -4.58. The highest BCUT2D eigenvalue weighted by Gasteiger charge is 2.42. The van der Waals surface area contributed by atoms with Gasteiger partial charge in [0.05, 0.1) is 0 Å². The fraction of sp³-hybridized carbons (Fsp3) is 0.278. The summed E-state index contributed by atoms with van der Waals surface area (Å²) in [6.45, 7) is 1.79. The molecule has 0 aliphatic carbocycles. The van der Waals surface area contributed by atoms with Gasteiger partial charge in [-0.05, 0) is 30.7 Å². The molecule has 0 radical (unpaired) electrons. The number of anilines is 1. The highest BCUT2D eigenvalue weighted by Crippen LogP contribution is 2.33. The molecule has 3 nitrogen and oxygen atoms in total. The molecule has 0 heterocycles. The van der Waals surface area contributed by atoms with Gasteiger partial charge in [0.2, 0.25) is 0 Å². The lowest BCUT2D eigenvalue weighted by Gasteiger charge is -2.22. The number of amides is 1. The van der Waals surface area contributed by atoms with Crippen LogP contribution in [0.3, 0.4) is 0 Å². The zero-order valence-electron chi connectivity index (χ0n) is 13.7. The number of benzene rings is 2. The molecule has 0 fully saturated rings. The minimum atomic E-state index is -4.58. The van der Waals surface area contributed by atoms with E-state index in [1.165, 1.54) is 18.2 Å². The van der Waals surface area contributed by atoms with E-state index >= 15 is 0 Å². The van der Waals surface area contributed by atoms with Gasteiger partial charge in [-0.2, -0.15) is 13.2 Å². The first-order valence-electron chi connectivity index (χ1n) is 7.40. The van der Waals surface area contributed by atoms with E-state index in [1.807, 2.05) is 0 Å². The smallest absolute Gasteiger partial charge is 0.378 e. The molecule has 0 aliphatic heterocycles. The van der Waals surface area contributed by atoms with Crippen molar-refractivity contribution in [2.75, 3.05) is 19.0 Å². The van der Waals surface area contributed by atoms with Gasteiger partial charge in [-0.25, -0.2) is 0 Å². The molecule has 128 valence electrons. The molecule has 0 saturated carbocycles. The molecule has 0 saturated heterocycles. The molecule has 0 bridgehead atoms. The van der Waals surface area contributed by atoms with Gasteiger partial charge in [-0.1, -0.05) is 35.9 Å². The number of hydrogen-bond donors (Lipinski definition) is 1. The van der Waals surface area contributed by atoms with Crippen molar-refractivity contribution >= 4 is 11.6 Å². The van der Waals surface area contributed by atoms with Gasteiger partial charge < -0.3 is 10.2 Å². The zero-order valence-corrected chi connectivity index (χ0v) is 13.7. The van der Waals surface area contributed by atoms with Crippen molar-refractivity contribution in [2.45, 2.75) is 19.1 Å². The topological polar surface area (TPSA) is 32.3 Å². The summed E-state index contributed by atoms with van der Waals surface area (Å²) in [7, 11) is 3.59. The lowest BCUT2D eigenvalue weighted by molar-refractivity contribution is -0.155. The van der Waals surface area contributed by atoms with E-state index in [9.17, 15) is 18.0 Å². The Morgan fingerprint density at radius 3 is 2.25 bits per heavy atom. The average Bonchev–Trinajstić information content (AvgIpc) is 2.52. The summed E-state index contributed by atoms with van der Waals surface area (Å²) >= 11 is 0. The molecular weight excluding hydrogens is 317 g/mol. The van der Waals surface area contributed by atoms with Crippen LogP contribution in [0.25, 0.3) is 0 Å². The lowest BCUT2D eigenvalue weighted by atomic mass is 10.0. The van der Waals surface area contributed by atoms with Gasteiger partial charge in [-0.15, -0.1) is 0 Å². The molecule has 0 aromatic heterocycles. The Hall–Kier alpha value is -2.50. The number of nitrogens with one attached hydrogen (secondary N) is 1. The van der Waals surface area contributed by atoms with Gasteiger partial charge in [0.1, 0.15) is 0 Å². The van der Waals surface area contributed by atoms with Crippen LogP contribution in [-0.4, -0.2) is 26.2 Å². The second kappa shape index (κ2) is 6.95. The molecular formula is C18H19F3N2O. The molecule has 1 amide bonds. The van der Waals surface area contributed by atoms with Crippen molar-refractivity contribution in [1.82, 2.24) is 5.32 Å². The van der Waals surface area contributed by atoms with Crippen molar-refractivity contribution in [3.05, 3.63) is 65.2 Å². The molecule has 6 heteroatoms. The Morgan fingerprint density at radius 1 is 1.08 bits per heavy atom. The summed E-state index contributed by atoms with van der Waals surface area (Å²) in [5.41, 5.74) is 1.78. The third kappa shape index (κ3) is 4.28. The molecule has 0 spiro atoms. The van der Waals surface area contributed by atoms with E-state index in [2.05, 4.69) is 5.32 Å². The number of alkyl halides is 3. The number of rotatable bonds is 4. The van der Waals surface area contributed by atoms with Crippen LogP contribution < -0.4 is 10.2 Å². The first-order valence-corrected chi connectivity index (χ1v) is 7.40. The standard InChI is InChI=1S/C18H19F3N2O/c1-12-7-9-13(10-8-12)16(18(19,20)21)22-17(24)14-5-4-6-15(11-14)23(2)3/h4-11,16H,1-3H3,(H,22,24). The third-order valence-electron chi connectivity index (χ3n) is 3.64. The molecule has 2 aromatic carbocycles. The van der Waals surface area contributed by atoms with E-state index in [0.29, 0.717) is 0 Å². The molecule has 2 rings (SSSR count). The SMILES string of the molecule is Cc1ccc(C(NC(=O)c2cccc(N(C)C)c2)C(F)(F)F)cc1. The summed E-state index contributed by atoms with van der Waals surface area (Å²) < 4.78 is 40.1. The number of hydrogen-bond acceptors (Lipinski definition) is 2. The normalized spacial score (nSPS) is 12.6. The van der Waals surface area contributed by atoms with Crippen LogP contribution in [0.1, 0.15) is 27.5 Å². The second-order valence-corrected chi connectivity index (χ2v) is 5.80. The lowest BCUT2D eigenvalue weighted by Crippen LogP contribution is -2.38. The van der Waals surface area contributed by atoms with Crippen LogP contribution >= 0.6 is 0 Å². The largest absolute Gasteiger partial charge is 0.412 e. The summed E-state index contributed by atoms with van der Waals surface area (Å²) in [5.74, 6) is -0.762. The second-order valence-electron chi connectivity index (χ2n) is 5.80. The fourth-order valence-electron chi connectivity index (χ4n) is 2.25. The van der Waals surface area contributed by atoms with Crippen LogP contribution in [0.4, 0.5) is 18.9 Å². The monoisotopic (exact) mass is 336 g/mol. The maximum absolute atomic E-state index is 13.4. The van der Waals surface area contributed by atoms with Gasteiger partial charge in [-0.3, -0.25) is 4.79 Å². The third-order valence-corrected chi connectivity index (χ3v) is 3.64. The van der Waals surface area contributed by atoms with Crippen LogP contribution in [0.2, 0.25) is 0 Å². The fourth-order valence-corrected chi connectivity index (χ4v) is 2.25. The van der Waals surface area contributed by atoms with Crippen molar-refractivity contribution in [3.63, 3.8) is 0 Å². The molecule has 2 aromatic rings. The Labute approximate surface area is 139 Å². The van der Waals surface area contributed by atoms with Crippen molar-refractivity contribution in [2.24, 2.45) is 0 Å². The van der Waals surface area contributed by atoms with Crippen LogP contribution in [0.15, 0.2) is 48.5 Å². The van der Waals surface area contributed by atoms with E-state index < -0.39 is 18.1 Å². The number of nitrogens with zero attached hydrogens (tertiary/aromatic N) is 1. The number of carbonyl (C=O) groups is 1. The van der Waals surface area contributed by atoms with Gasteiger partial charge in [0.15, 0.2) is 6.04 Å². The summed E-state index contributed by atoms with van der Waals surface area (Å²) in [6, 6.07) is 10.3. The first-order chi connectivity index (χ1) is 11.2. The van der Waals surface area contributed by atoms with Gasteiger partial charge in [0, 0.05) is 25.3 Å². The molecule has 1 unspecified atom stereocenters. The maximum Gasteiger partial charge on any atom is 0.412 e. The van der Waals surface area contributed by atoms with E-state index in [4.69, 9.17) is 0 Å². The van der Waals surface area contributed by atoms with Gasteiger partial charge >= 0.3 is 6.18 Å². The molecule has 24 heavy (non-hydrogen) atoms. The van der Waals surface area contributed by atoms with Crippen molar-refractivity contribution in [1.29, 1.82) is 0 Å². The van der Waals surface area contributed by atoms with Crippen molar-refractivity contribution < 1.29 is 18.0 Å². The molecule has 0 aliphatic rings. The first kappa shape index (κ1) is 17.8. The Bertz CT molecular complexity index is 709. The minimum absolute atomic E-state index is 0.00483. The summed E-state index contributed by atoms with van der Waals surface area (Å²) in [5, 5.41) is 2.09. The Kier molecular flexibility index (Phi) is 5.17. The Morgan fingerprint density at radius 2 is 1.71 bits per heavy atom.